The Balaban J connectivity index is 1.83. The number of likely N-dealkylation sites (tertiary alicyclic amines) is 1. The molecule has 0 bridgehead atoms. The van der Waals surface area contributed by atoms with E-state index in [0.717, 1.165) is 38.8 Å². The summed E-state index contributed by atoms with van der Waals surface area (Å²) in [5.74, 6) is 0. The van der Waals surface area contributed by atoms with Gasteiger partial charge in [0.15, 0.2) is 0 Å². The molecule has 1 aliphatic carbocycles. The van der Waals surface area contributed by atoms with Crippen LogP contribution in [0, 0.1) is 10.8 Å². The third-order valence-corrected chi connectivity index (χ3v) is 5.27. The molecule has 0 amide bonds. The first-order chi connectivity index (χ1) is 9.82. The van der Waals surface area contributed by atoms with Gasteiger partial charge >= 0.3 is 0 Å². The number of nitrogens with two attached hydrogens (primary N) is 1. The molecule has 1 saturated heterocycles. The van der Waals surface area contributed by atoms with Crippen LogP contribution in [0.4, 0.5) is 0 Å². The lowest BCUT2D eigenvalue weighted by molar-refractivity contribution is -0.0320. The SMILES string of the molecule is [B]C(C)(C)CC1(N)CC2(CCN(C(=C)CC(C)(C)C)CC2)C1. The van der Waals surface area contributed by atoms with Crippen molar-refractivity contribution in [2.45, 2.75) is 84.0 Å². The van der Waals surface area contributed by atoms with Gasteiger partial charge < -0.3 is 10.6 Å². The van der Waals surface area contributed by atoms with Gasteiger partial charge in [0.05, 0.1) is 7.85 Å². The van der Waals surface area contributed by atoms with Gasteiger partial charge in [0.2, 0.25) is 0 Å². The van der Waals surface area contributed by atoms with E-state index >= 15 is 0 Å². The highest BCUT2D eigenvalue weighted by Crippen LogP contribution is 2.57. The quantitative estimate of drug-likeness (QED) is 0.786. The second kappa shape index (κ2) is 5.58. The molecule has 0 atom stereocenters. The molecule has 2 rings (SSSR count). The van der Waals surface area contributed by atoms with Crippen LogP contribution in [-0.4, -0.2) is 31.4 Å². The summed E-state index contributed by atoms with van der Waals surface area (Å²) in [6, 6.07) is 0. The van der Waals surface area contributed by atoms with Crippen molar-refractivity contribution in [3.05, 3.63) is 12.3 Å². The number of piperidine rings is 1. The van der Waals surface area contributed by atoms with Gasteiger partial charge in [0.25, 0.3) is 0 Å². The van der Waals surface area contributed by atoms with Gasteiger partial charge in [-0.2, -0.15) is 0 Å². The number of hydrogen-bond donors (Lipinski definition) is 1. The molecule has 124 valence electrons. The van der Waals surface area contributed by atoms with Crippen molar-refractivity contribution in [3.63, 3.8) is 0 Å². The second-order valence-corrected chi connectivity index (χ2v) is 10.2. The van der Waals surface area contributed by atoms with E-state index in [4.69, 9.17) is 13.6 Å². The van der Waals surface area contributed by atoms with Crippen molar-refractivity contribution in [1.29, 1.82) is 0 Å². The summed E-state index contributed by atoms with van der Waals surface area (Å²) in [7, 11) is 6.17. The molecule has 2 nitrogen and oxygen atoms in total. The lowest BCUT2D eigenvalue weighted by atomic mass is 9.49. The molecular formula is C19H35BN2. The van der Waals surface area contributed by atoms with Crippen LogP contribution in [0.3, 0.4) is 0 Å². The van der Waals surface area contributed by atoms with Gasteiger partial charge in [-0.3, -0.25) is 0 Å². The summed E-state index contributed by atoms with van der Waals surface area (Å²) < 4.78 is 0. The highest BCUT2D eigenvalue weighted by Gasteiger charge is 2.53. The summed E-state index contributed by atoms with van der Waals surface area (Å²) >= 11 is 0. The van der Waals surface area contributed by atoms with Crippen molar-refractivity contribution in [3.8, 4) is 0 Å². The average molecular weight is 302 g/mol. The predicted molar refractivity (Wildman–Crippen MR) is 97.0 cm³/mol. The Labute approximate surface area is 139 Å². The highest BCUT2D eigenvalue weighted by atomic mass is 15.1. The van der Waals surface area contributed by atoms with E-state index in [0.29, 0.717) is 10.8 Å². The van der Waals surface area contributed by atoms with Gasteiger partial charge in [-0.25, -0.2) is 0 Å². The normalized spacial score (nSPS) is 24.2. The molecule has 2 aliphatic rings. The van der Waals surface area contributed by atoms with Crippen LogP contribution in [0.5, 0.6) is 0 Å². The minimum Gasteiger partial charge on any atom is -0.375 e. The summed E-state index contributed by atoms with van der Waals surface area (Å²) in [6.45, 7) is 17.6. The molecule has 2 N–H and O–H groups in total. The molecule has 2 radical (unpaired) electrons. The van der Waals surface area contributed by atoms with E-state index in [1.165, 1.54) is 18.5 Å². The Morgan fingerprint density at radius 2 is 1.64 bits per heavy atom. The van der Waals surface area contributed by atoms with Gasteiger partial charge in [-0.05, 0) is 49.4 Å². The van der Waals surface area contributed by atoms with Gasteiger partial charge in [0.1, 0.15) is 0 Å². The maximum Gasteiger partial charge on any atom is 0.0739 e. The third kappa shape index (κ3) is 4.53. The summed E-state index contributed by atoms with van der Waals surface area (Å²) in [5.41, 5.74) is 8.65. The van der Waals surface area contributed by atoms with Crippen LogP contribution < -0.4 is 5.73 Å². The molecule has 0 aromatic rings. The average Bonchev–Trinajstić information content (AvgIpc) is 2.22. The number of hydrogen-bond acceptors (Lipinski definition) is 2. The Kier molecular flexibility index (Phi) is 4.54. The van der Waals surface area contributed by atoms with Crippen molar-refractivity contribution >= 4 is 7.85 Å². The van der Waals surface area contributed by atoms with E-state index in [9.17, 15) is 0 Å². The van der Waals surface area contributed by atoms with Crippen LogP contribution in [0.25, 0.3) is 0 Å². The molecule has 0 aromatic heterocycles. The first-order valence-electron chi connectivity index (χ1n) is 8.82. The van der Waals surface area contributed by atoms with Crippen molar-refractivity contribution in [2.75, 3.05) is 13.1 Å². The van der Waals surface area contributed by atoms with Crippen molar-refractivity contribution < 1.29 is 0 Å². The van der Waals surface area contributed by atoms with Gasteiger partial charge in [-0.1, -0.05) is 46.5 Å². The monoisotopic (exact) mass is 302 g/mol. The molecule has 1 aliphatic heterocycles. The largest absolute Gasteiger partial charge is 0.375 e. The van der Waals surface area contributed by atoms with Crippen LogP contribution in [0.2, 0.25) is 5.31 Å². The molecule has 3 heteroatoms. The molecule has 22 heavy (non-hydrogen) atoms. The minimum atomic E-state index is -0.155. The van der Waals surface area contributed by atoms with Crippen molar-refractivity contribution in [1.82, 2.24) is 4.90 Å². The zero-order valence-electron chi connectivity index (χ0n) is 15.5. The first-order valence-corrected chi connectivity index (χ1v) is 8.82. The summed E-state index contributed by atoms with van der Waals surface area (Å²) in [6.07, 6.45) is 6.85. The van der Waals surface area contributed by atoms with E-state index in [-0.39, 0.29) is 10.9 Å². The fourth-order valence-electron chi connectivity index (χ4n) is 4.85. The minimum absolute atomic E-state index is 0.0250. The molecule has 1 saturated carbocycles. The smallest absolute Gasteiger partial charge is 0.0739 e. The Morgan fingerprint density at radius 1 is 1.14 bits per heavy atom. The number of rotatable bonds is 4. The summed E-state index contributed by atoms with van der Waals surface area (Å²) in [4.78, 5) is 2.50. The fraction of sp³-hybridized carbons (Fsp3) is 0.895. The van der Waals surface area contributed by atoms with E-state index in [1.54, 1.807) is 0 Å². The van der Waals surface area contributed by atoms with Crippen LogP contribution >= 0.6 is 0 Å². The van der Waals surface area contributed by atoms with Crippen molar-refractivity contribution in [2.24, 2.45) is 16.6 Å². The molecular weight excluding hydrogens is 267 g/mol. The topological polar surface area (TPSA) is 29.3 Å². The van der Waals surface area contributed by atoms with E-state index < -0.39 is 0 Å². The van der Waals surface area contributed by atoms with Gasteiger partial charge in [-0.15, -0.1) is 0 Å². The third-order valence-electron chi connectivity index (χ3n) is 5.27. The lowest BCUT2D eigenvalue weighted by Crippen LogP contribution is -2.61. The zero-order valence-corrected chi connectivity index (χ0v) is 15.5. The maximum atomic E-state index is 6.56. The van der Waals surface area contributed by atoms with E-state index in [2.05, 4.69) is 46.1 Å². The number of allylic oxidation sites excluding steroid dienone is 1. The highest BCUT2D eigenvalue weighted by molar-refractivity contribution is 6.14. The Hall–Kier alpha value is -0.435. The maximum absolute atomic E-state index is 6.56. The zero-order chi connectivity index (χ0) is 16.8. The molecule has 1 spiro atoms. The Bertz CT molecular complexity index is 412. The Morgan fingerprint density at radius 3 is 2.05 bits per heavy atom. The molecule has 0 aromatic carbocycles. The van der Waals surface area contributed by atoms with Crippen LogP contribution in [-0.2, 0) is 0 Å². The predicted octanol–water partition coefficient (Wildman–Crippen LogP) is 4.27. The second-order valence-electron chi connectivity index (χ2n) is 10.2. The number of nitrogens with zero attached hydrogens (tertiary/aromatic N) is 1. The lowest BCUT2D eigenvalue weighted by Gasteiger charge is -2.59. The first kappa shape index (κ1) is 17.9. The van der Waals surface area contributed by atoms with Gasteiger partial charge in [0, 0.05) is 24.3 Å². The molecule has 0 unspecified atom stereocenters. The molecule has 1 heterocycles. The van der Waals surface area contributed by atoms with Crippen LogP contribution in [0.1, 0.15) is 73.1 Å². The molecule has 2 fully saturated rings. The fourth-order valence-corrected chi connectivity index (χ4v) is 4.85. The van der Waals surface area contributed by atoms with E-state index in [1.807, 2.05) is 0 Å². The standard InChI is InChI=1S/C19H35BN2/c1-15(11-16(2,3)4)22-9-7-18(8-10-22)13-19(21,14-18)12-17(5,6)20/h1,7-14,21H2,2-6H3. The summed E-state index contributed by atoms with van der Waals surface area (Å²) in [5, 5.41) is -0.155. The van der Waals surface area contributed by atoms with Crippen LogP contribution in [0.15, 0.2) is 12.3 Å².